The summed E-state index contributed by atoms with van der Waals surface area (Å²) in [4.78, 5) is 23.8. The van der Waals surface area contributed by atoms with Crippen LogP contribution in [-0.4, -0.2) is 23.5 Å². The van der Waals surface area contributed by atoms with Crippen LogP contribution in [0.5, 0.6) is 0 Å². The summed E-state index contributed by atoms with van der Waals surface area (Å²) < 4.78 is 5.20. The van der Waals surface area contributed by atoms with E-state index < -0.39 is 17.7 Å². The summed E-state index contributed by atoms with van der Waals surface area (Å²) >= 11 is 0. The molecule has 0 bridgehead atoms. The molecule has 0 saturated heterocycles. The number of rotatable bonds is 5. The summed E-state index contributed by atoms with van der Waals surface area (Å²) in [6.07, 6.45) is 2.10. The smallest absolute Gasteiger partial charge is 0.408 e. The number of alkyl carbamates (subject to hydrolysis) is 1. The van der Waals surface area contributed by atoms with Crippen molar-refractivity contribution in [3.8, 4) is 0 Å². The molecule has 0 heterocycles. The Morgan fingerprint density at radius 2 is 1.83 bits per heavy atom. The standard InChI is InChI=1S/C14H25NO3/c1-9(2)8-11(12(16)10-6-7-10)15-13(17)18-14(3,4)5/h9-11H,6-8H2,1-5H3,(H,15,17)/t11-/m1/s1. The van der Waals surface area contributed by atoms with Gasteiger partial charge in [0.2, 0.25) is 0 Å². The van der Waals surface area contributed by atoms with Crippen molar-refractivity contribution in [2.45, 2.75) is 65.5 Å². The number of carbonyl (C=O) groups excluding carboxylic acids is 2. The van der Waals surface area contributed by atoms with Gasteiger partial charge in [0.25, 0.3) is 0 Å². The van der Waals surface area contributed by atoms with Crippen molar-refractivity contribution in [1.82, 2.24) is 5.32 Å². The Kier molecular flexibility index (Phi) is 4.77. The van der Waals surface area contributed by atoms with Crippen LogP contribution in [0.25, 0.3) is 0 Å². The lowest BCUT2D eigenvalue weighted by atomic mass is 9.98. The van der Waals surface area contributed by atoms with Gasteiger partial charge in [-0.05, 0) is 46.0 Å². The normalized spacial score (nSPS) is 17.4. The van der Waals surface area contributed by atoms with Gasteiger partial charge in [-0.2, -0.15) is 0 Å². The van der Waals surface area contributed by atoms with Crippen LogP contribution in [0.3, 0.4) is 0 Å². The van der Waals surface area contributed by atoms with E-state index >= 15 is 0 Å². The van der Waals surface area contributed by atoms with Gasteiger partial charge in [0.05, 0.1) is 6.04 Å². The minimum atomic E-state index is -0.533. The van der Waals surface area contributed by atoms with Gasteiger partial charge in [-0.1, -0.05) is 13.8 Å². The maximum absolute atomic E-state index is 12.1. The molecule has 0 aromatic rings. The van der Waals surface area contributed by atoms with E-state index in [1.165, 1.54) is 0 Å². The molecule has 18 heavy (non-hydrogen) atoms. The van der Waals surface area contributed by atoms with E-state index in [0.29, 0.717) is 12.3 Å². The maximum atomic E-state index is 12.1. The van der Waals surface area contributed by atoms with Gasteiger partial charge in [0.15, 0.2) is 5.78 Å². The van der Waals surface area contributed by atoms with E-state index in [1.807, 2.05) is 34.6 Å². The van der Waals surface area contributed by atoms with Crippen LogP contribution < -0.4 is 5.32 Å². The highest BCUT2D eigenvalue weighted by Gasteiger charge is 2.36. The van der Waals surface area contributed by atoms with Crippen LogP contribution in [0.15, 0.2) is 0 Å². The van der Waals surface area contributed by atoms with Gasteiger partial charge < -0.3 is 10.1 Å². The topological polar surface area (TPSA) is 55.4 Å². The first-order chi connectivity index (χ1) is 8.19. The average Bonchev–Trinajstić information content (AvgIpc) is 2.94. The Balaban J connectivity index is 2.54. The van der Waals surface area contributed by atoms with Gasteiger partial charge in [0.1, 0.15) is 5.60 Å². The largest absolute Gasteiger partial charge is 0.444 e. The number of Topliss-reactive ketones (excluding diaryl/α,β-unsaturated/α-hetero) is 1. The van der Waals surface area contributed by atoms with Gasteiger partial charge in [-0.15, -0.1) is 0 Å². The number of ketones is 1. The minimum absolute atomic E-state index is 0.156. The molecule has 0 unspecified atom stereocenters. The highest BCUT2D eigenvalue weighted by atomic mass is 16.6. The molecule has 4 heteroatoms. The second kappa shape index (κ2) is 5.72. The molecule has 1 saturated carbocycles. The third-order valence-corrected chi connectivity index (χ3v) is 2.72. The lowest BCUT2D eigenvalue weighted by molar-refractivity contribution is -0.122. The number of nitrogens with one attached hydrogen (secondary N) is 1. The molecule has 1 rings (SSSR count). The minimum Gasteiger partial charge on any atom is -0.444 e. The third-order valence-electron chi connectivity index (χ3n) is 2.72. The molecule has 1 aliphatic carbocycles. The lowest BCUT2D eigenvalue weighted by Gasteiger charge is -2.24. The van der Waals surface area contributed by atoms with Crippen molar-refractivity contribution < 1.29 is 14.3 Å². The van der Waals surface area contributed by atoms with E-state index in [2.05, 4.69) is 5.32 Å². The Hall–Kier alpha value is -1.06. The molecule has 0 spiro atoms. The number of amides is 1. The highest BCUT2D eigenvalue weighted by Crippen LogP contribution is 2.32. The molecule has 1 amide bonds. The SMILES string of the molecule is CC(C)C[C@@H](NC(=O)OC(C)(C)C)C(=O)C1CC1. The molecule has 1 fully saturated rings. The predicted molar refractivity (Wildman–Crippen MR) is 70.3 cm³/mol. The first kappa shape index (κ1) is 15.0. The lowest BCUT2D eigenvalue weighted by Crippen LogP contribution is -2.44. The van der Waals surface area contributed by atoms with Crippen LogP contribution in [0.1, 0.15) is 53.9 Å². The fourth-order valence-electron chi connectivity index (χ4n) is 1.82. The maximum Gasteiger partial charge on any atom is 0.408 e. The molecule has 4 nitrogen and oxygen atoms in total. The molecular weight excluding hydrogens is 230 g/mol. The summed E-state index contributed by atoms with van der Waals surface area (Å²) in [6, 6.07) is -0.396. The summed E-state index contributed by atoms with van der Waals surface area (Å²) in [5.41, 5.74) is -0.533. The van der Waals surface area contributed by atoms with Gasteiger partial charge in [-0.25, -0.2) is 4.79 Å². The quantitative estimate of drug-likeness (QED) is 0.821. The van der Waals surface area contributed by atoms with Gasteiger partial charge in [-0.3, -0.25) is 4.79 Å². The van der Waals surface area contributed by atoms with Crippen LogP contribution in [-0.2, 0) is 9.53 Å². The Morgan fingerprint density at radius 3 is 2.22 bits per heavy atom. The van der Waals surface area contributed by atoms with Gasteiger partial charge >= 0.3 is 6.09 Å². The molecule has 0 radical (unpaired) electrons. The summed E-state index contributed by atoms with van der Waals surface area (Å²) in [7, 11) is 0. The Labute approximate surface area is 109 Å². The van der Waals surface area contributed by atoms with Crippen molar-refractivity contribution in [3.63, 3.8) is 0 Å². The average molecular weight is 255 g/mol. The number of hydrogen-bond donors (Lipinski definition) is 1. The molecule has 0 aromatic carbocycles. The monoisotopic (exact) mass is 255 g/mol. The van der Waals surface area contributed by atoms with Crippen molar-refractivity contribution in [1.29, 1.82) is 0 Å². The van der Waals surface area contributed by atoms with E-state index in [9.17, 15) is 9.59 Å². The Bertz CT molecular complexity index is 313. The molecule has 104 valence electrons. The van der Waals surface area contributed by atoms with Crippen LogP contribution in [0, 0.1) is 11.8 Å². The van der Waals surface area contributed by atoms with Crippen molar-refractivity contribution in [3.05, 3.63) is 0 Å². The van der Waals surface area contributed by atoms with Crippen LogP contribution >= 0.6 is 0 Å². The summed E-state index contributed by atoms with van der Waals surface area (Å²) in [5, 5.41) is 2.72. The number of ether oxygens (including phenoxy) is 1. The zero-order valence-electron chi connectivity index (χ0n) is 12.1. The van der Waals surface area contributed by atoms with E-state index in [1.54, 1.807) is 0 Å². The summed E-state index contributed by atoms with van der Waals surface area (Å²) in [6.45, 7) is 9.53. The summed E-state index contributed by atoms with van der Waals surface area (Å²) in [5.74, 6) is 0.686. The number of hydrogen-bond acceptors (Lipinski definition) is 3. The second-order valence-electron chi connectivity index (χ2n) is 6.51. The van der Waals surface area contributed by atoms with Crippen molar-refractivity contribution >= 4 is 11.9 Å². The first-order valence-electron chi connectivity index (χ1n) is 6.72. The van der Waals surface area contributed by atoms with E-state index in [4.69, 9.17) is 4.74 Å². The predicted octanol–water partition coefficient (Wildman–Crippen LogP) is 2.90. The van der Waals surface area contributed by atoms with E-state index in [0.717, 1.165) is 12.8 Å². The molecule has 1 N–H and O–H groups in total. The molecule has 0 aromatic heterocycles. The molecular formula is C14H25NO3. The first-order valence-corrected chi connectivity index (χ1v) is 6.72. The van der Waals surface area contributed by atoms with Crippen LogP contribution in [0.4, 0.5) is 4.79 Å². The zero-order valence-corrected chi connectivity index (χ0v) is 12.1. The molecule has 1 aliphatic rings. The molecule has 1 atom stereocenters. The highest BCUT2D eigenvalue weighted by molar-refractivity contribution is 5.90. The Morgan fingerprint density at radius 1 is 1.28 bits per heavy atom. The number of carbonyl (C=O) groups is 2. The van der Waals surface area contributed by atoms with Crippen molar-refractivity contribution in [2.24, 2.45) is 11.8 Å². The van der Waals surface area contributed by atoms with Crippen molar-refractivity contribution in [2.75, 3.05) is 0 Å². The fourth-order valence-corrected chi connectivity index (χ4v) is 1.82. The van der Waals surface area contributed by atoms with Gasteiger partial charge in [0, 0.05) is 5.92 Å². The zero-order chi connectivity index (χ0) is 13.9. The molecule has 0 aliphatic heterocycles. The van der Waals surface area contributed by atoms with E-state index in [-0.39, 0.29) is 11.7 Å². The fraction of sp³-hybridized carbons (Fsp3) is 0.857. The van der Waals surface area contributed by atoms with Crippen LogP contribution in [0.2, 0.25) is 0 Å². The second-order valence-corrected chi connectivity index (χ2v) is 6.51. The third kappa shape index (κ3) is 5.52.